The summed E-state index contributed by atoms with van der Waals surface area (Å²) < 4.78 is 0. The van der Waals surface area contributed by atoms with Gasteiger partial charge in [0.1, 0.15) is 0 Å². The van der Waals surface area contributed by atoms with Crippen molar-refractivity contribution >= 4 is 22.0 Å². The van der Waals surface area contributed by atoms with Gasteiger partial charge in [-0.05, 0) is 36.8 Å². The zero-order valence-corrected chi connectivity index (χ0v) is 13.1. The molecule has 0 radical (unpaired) electrons. The Balaban J connectivity index is 2.93. The minimum Gasteiger partial charge on any atom is -0.0845 e. The highest BCUT2D eigenvalue weighted by Crippen LogP contribution is 2.27. The second-order valence-electron chi connectivity index (χ2n) is 5.36. The maximum absolute atomic E-state index is 3.59. The van der Waals surface area contributed by atoms with Gasteiger partial charge in [0.25, 0.3) is 0 Å². The Morgan fingerprint density at radius 2 is 1.82 bits per heavy atom. The number of hydrogen-bond acceptors (Lipinski definition) is 0. The molecule has 1 unspecified atom stereocenters. The first kappa shape index (κ1) is 14.5. The Morgan fingerprint density at radius 1 is 1.29 bits per heavy atom. The molecule has 0 N–H and O–H groups in total. The van der Waals surface area contributed by atoms with Gasteiger partial charge in [0.05, 0.1) is 0 Å². The maximum atomic E-state index is 3.59. The van der Waals surface area contributed by atoms with Crippen LogP contribution in [0.15, 0.2) is 29.8 Å². The van der Waals surface area contributed by atoms with Crippen molar-refractivity contribution in [1.82, 2.24) is 0 Å². The van der Waals surface area contributed by atoms with E-state index in [-0.39, 0.29) is 5.41 Å². The van der Waals surface area contributed by atoms with Gasteiger partial charge in [-0.25, -0.2) is 0 Å². The normalized spacial score (nSPS) is 14.8. The zero-order chi connectivity index (χ0) is 13.1. The SMILES string of the molecule is CCC(C)(C)c1ccc(C=C(C)C(C)Br)cc1. The summed E-state index contributed by atoms with van der Waals surface area (Å²) in [7, 11) is 0. The van der Waals surface area contributed by atoms with E-state index in [1.54, 1.807) is 0 Å². The molecule has 0 saturated carbocycles. The first-order valence-corrected chi connectivity index (χ1v) is 7.21. The molecule has 1 aromatic rings. The van der Waals surface area contributed by atoms with Crippen LogP contribution in [0.5, 0.6) is 0 Å². The van der Waals surface area contributed by atoms with Crippen molar-refractivity contribution in [2.24, 2.45) is 0 Å². The summed E-state index contributed by atoms with van der Waals surface area (Å²) in [6.07, 6.45) is 3.40. The molecule has 0 amide bonds. The highest BCUT2D eigenvalue weighted by molar-refractivity contribution is 9.09. The van der Waals surface area contributed by atoms with Gasteiger partial charge in [0.15, 0.2) is 0 Å². The lowest BCUT2D eigenvalue weighted by Crippen LogP contribution is -2.14. The van der Waals surface area contributed by atoms with Crippen LogP contribution < -0.4 is 0 Å². The van der Waals surface area contributed by atoms with Gasteiger partial charge in [-0.3, -0.25) is 0 Å². The molecular formula is C16H23Br. The maximum Gasteiger partial charge on any atom is 0.0326 e. The fourth-order valence-electron chi connectivity index (χ4n) is 1.61. The van der Waals surface area contributed by atoms with Crippen LogP contribution in [0.25, 0.3) is 6.08 Å². The first-order valence-electron chi connectivity index (χ1n) is 6.29. The van der Waals surface area contributed by atoms with E-state index >= 15 is 0 Å². The van der Waals surface area contributed by atoms with Crippen LogP contribution >= 0.6 is 15.9 Å². The van der Waals surface area contributed by atoms with Crippen molar-refractivity contribution in [2.45, 2.75) is 51.3 Å². The molecule has 94 valence electrons. The van der Waals surface area contributed by atoms with Crippen molar-refractivity contribution in [3.05, 3.63) is 41.0 Å². The Bertz CT molecular complexity index is 382. The molecule has 0 aliphatic rings. The van der Waals surface area contributed by atoms with E-state index in [9.17, 15) is 0 Å². The van der Waals surface area contributed by atoms with Gasteiger partial charge in [-0.15, -0.1) is 0 Å². The largest absolute Gasteiger partial charge is 0.0845 e. The fourth-order valence-corrected chi connectivity index (χ4v) is 1.74. The van der Waals surface area contributed by atoms with Gasteiger partial charge in [0, 0.05) is 4.83 Å². The summed E-state index contributed by atoms with van der Waals surface area (Å²) in [4.78, 5) is 0.439. The standard InChI is InChI=1S/C16H23Br/c1-6-16(4,5)15-9-7-14(8-10-15)11-12(2)13(3)17/h7-11,13H,6H2,1-5H3. The van der Waals surface area contributed by atoms with Crippen LogP contribution in [-0.2, 0) is 5.41 Å². The third-order valence-corrected chi connectivity index (χ3v) is 4.32. The van der Waals surface area contributed by atoms with Crippen molar-refractivity contribution in [2.75, 3.05) is 0 Å². The molecule has 0 heterocycles. The van der Waals surface area contributed by atoms with Crippen LogP contribution in [-0.4, -0.2) is 4.83 Å². The molecule has 1 rings (SSSR count). The lowest BCUT2D eigenvalue weighted by atomic mass is 9.82. The molecule has 0 saturated heterocycles. The number of allylic oxidation sites excluding steroid dienone is 1. The first-order chi connectivity index (χ1) is 7.86. The van der Waals surface area contributed by atoms with E-state index in [0.29, 0.717) is 4.83 Å². The quantitative estimate of drug-likeness (QED) is 0.638. The van der Waals surface area contributed by atoms with Gasteiger partial charge < -0.3 is 0 Å². The molecular weight excluding hydrogens is 272 g/mol. The summed E-state index contributed by atoms with van der Waals surface area (Å²) >= 11 is 3.59. The predicted octanol–water partition coefficient (Wildman–Crippen LogP) is 5.56. The topological polar surface area (TPSA) is 0 Å². The van der Waals surface area contributed by atoms with E-state index in [0.717, 1.165) is 0 Å². The Hall–Kier alpha value is -0.560. The lowest BCUT2D eigenvalue weighted by Gasteiger charge is -2.23. The number of benzene rings is 1. The lowest BCUT2D eigenvalue weighted by molar-refractivity contribution is 0.506. The second kappa shape index (κ2) is 5.86. The average molecular weight is 295 g/mol. The van der Waals surface area contributed by atoms with Crippen LogP contribution in [0.1, 0.15) is 52.2 Å². The number of hydrogen-bond donors (Lipinski definition) is 0. The molecule has 0 aliphatic carbocycles. The Kier molecular flexibility index (Phi) is 5.00. The summed E-state index contributed by atoms with van der Waals surface area (Å²) in [6, 6.07) is 8.93. The van der Waals surface area contributed by atoms with Crippen LogP contribution in [0.3, 0.4) is 0 Å². The number of halogens is 1. The molecule has 1 aromatic carbocycles. The highest BCUT2D eigenvalue weighted by atomic mass is 79.9. The molecule has 0 spiro atoms. The minimum atomic E-state index is 0.278. The van der Waals surface area contributed by atoms with Gasteiger partial charge in [-0.2, -0.15) is 0 Å². The van der Waals surface area contributed by atoms with Crippen LogP contribution in [0.2, 0.25) is 0 Å². The molecule has 17 heavy (non-hydrogen) atoms. The van der Waals surface area contributed by atoms with Crippen LogP contribution in [0, 0.1) is 0 Å². The van der Waals surface area contributed by atoms with E-state index in [1.807, 2.05) is 0 Å². The van der Waals surface area contributed by atoms with Crippen molar-refractivity contribution in [1.29, 1.82) is 0 Å². The highest BCUT2D eigenvalue weighted by Gasteiger charge is 2.17. The predicted molar refractivity (Wildman–Crippen MR) is 81.8 cm³/mol. The van der Waals surface area contributed by atoms with Crippen molar-refractivity contribution < 1.29 is 0 Å². The fraction of sp³-hybridized carbons (Fsp3) is 0.500. The van der Waals surface area contributed by atoms with E-state index in [2.05, 4.69) is 80.9 Å². The molecule has 1 heteroatoms. The smallest absolute Gasteiger partial charge is 0.0326 e. The Morgan fingerprint density at radius 3 is 2.24 bits per heavy atom. The molecule has 0 aromatic heterocycles. The number of alkyl halides is 1. The molecule has 0 bridgehead atoms. The summed E-state index contributed by atoms with van der Waals surface area (Å²) in [6.45, 7) is 11.1. The zero-order valence-electron chi connectivity index (χ0n) is 11.5. The average Bonchev–Trinajstić information content (AvgIpc) is 2.29. The second-order valence-corrected chi connectivity index (χ2v) is 6.74. The third kappa shape index (κ3) is 3.99. The monoisotopic (exact) mass is 294 g/mol. The summed E-state index contributed by atoms with van der Waals surface area (Å²) in [5, 5.41) is 0. The summed E-state index contributed by atoms with van der Waals surface area (Å²) in [5.41, 5.74) is 4.33. The molecule has 0 nitrogen and oxygen atoms in total. The van der Waals surface area contributed by atoms with Crippen molar-refractivity contribution in [3.63, 3.8) is 0 Å². The molecule has 1 atom stereocenters. The summed E-state index contributed by atoms with van der Waals surface area (Å²) in [5.74, 6) is 0. The van der Waals surface area contributed by atoms with E-state index < -0.39 is 0 Å². The van der Waals surface area contributed by atoms with Crippen molar-refractivity contribution in [3.8, 4) is 0 Å². The van der Waals surface area contributed by atoms with E-state index in [1.165, 1.54) is 23.1 Å². The number of rotatable bonds is 4. The third-order valence-electron chi connectivity index (χ3n) is 3.60. The van der Waals surface area contributed by atoms with Gasteiger partial charge >= 0.3 is 0 Å². The van der Waals surface area contributed by atoms with E-state index in [4.69, 9.17) is 0 Å². The molecule has 0 fully saturated rings. The van der Waals surface area contributed by atoms with Crippen LogP contribution in [0.4, 0.5) is 0 Å². The van der Waals surface area contributed by atoms with Gasteiger partial charge in [-0.1, -0.05) is 72.6 Å². The van der Waals surface area contributed by atoms with Gasteiger partial charge in [0.2, 0.25) is 0 Å². The Labute approximate surface area is 114 Å². The minimum absolute atomic E-state index is 0.278. The molecule has 0 aliphatic heterocycles.